The van der Waals surface area contributed by atoms with Gasteiger partial charge in [-0.3, -0.25) is 24.0 Å². The molecule has 4 atom stereocenters. The molecule has 0 aliphatic rings. The third-order valence-electron chi connectivity index (χ3n) is 5.70. The van der Waals surface area contributed by atoms with Crippen molar-refractivity contribution in [1.82, 2.24) is 21.3 Å². The first kappa shape index (κ1) is 37.2. The molecular weight excluding hydrogens is 566 g/mol. The fourth-order valence-electron chi connectivity index (χ4n) is 3.28. The van der Waals surface area contributed by atoms with Gasteiger partial charge in [0.1, 0.15) is 24.2 Å². The summed E-state index contributed by atoms with van der Waals surface area (Å²) in [6.07, 6.45) is -3.38. The standard InChI is InChI=1S/C24H37N5O13/c1-11(2)20(34)29-15(24(41)42)6-10-19(33)28-14(23(39)40)5-9-18(32)27-13(22(37)38)4-8-17(31)26-12(21(35)36)3-7-16(25)30/h11-15H,3-10H2,1-2H3,(H2,25,30)(H,26,31)(H,27,32)(H,28,33)(H,29,34)(H,35,36)(H,37,38)(H,39,40)(H,41,42)/t12-,13-,14-,15-/m0/s1. The molecule has 0 bridgehead atoms. The third-order valence-corrected chi connectivity index (χ3v) is 5.70. The van der Waals surface area contributed by atoms with E-state index < -0.39 is 116 Å². The fraction of sp³-hybridized carbons (Fsp3) is 0.625. The number of hydrogen-bond donors (Lipinski definition) is 9. The number of carbonyl (C=O) groups is 9. The first-order valence-corrected chi connectivity index (χ1v) is 12.8. The average Bonchev–Trinajstić information content (AvgIpc) is 2.87. The van der Waals surface area contributed by atoms with Gasteiger partial charge in [0, 0.05) is 31.6 Å². The monoisotopic (exact) mass is 603 g/mol. The lowest BCUT2D eigenvalue weighted by Crippen LogP contribution is -2.46. The minimum atomic E-state index is -1.59. The van der Waals surface area contributed by atoms with E-state index in [-0.39, 0.29) is 19.3 Å². The van der Waals surface area contributed by atoms with Crippen molar-refractivity contribution < 1.29 is 63.6 Å². The Labute approximate surface area is 239 Å². The molecule has 18 nitrogen and oxygen atoms in total. The van der Waals surface area contributed by atoms with Crippen LogP contribution in [0.15, 0.2) is 0 Å². The molecule has 0 aromatic carbocycles. The molecule has 0 saturated heterocycles. The minimum Gasteiger partial charge on any atom is -0.480 e. The van der Waals surface area contributed by atoms with Gasteiger partial charge in [-0.05, 0) is 25.7 Å². The molecule has 5 amide bonds. The van der Waals surface area contributed by atoms with Crippen LogP contribution >= 0.6 is 0 Å². The Hall–Kier alpha value is -4.77. The average molecular weight is 604 g/mol. The molecule has 0 rings (SSSR count). The van der Waals surface area contributed by atoms with Crippen LogP contribution in [0.1, 0.15) is 65.2 Å². The van der Waals surface area contributed by atoms with E-state index in [2.05, 4.69) is 21.3 Å². The highest BCUT2D eigenvalue weighted by Gasteiger charge is 2.27. The summed E-state index contributed by atoms with van der Waals surface area (Å²) in [6.45, 7) is 3.08. The van der Waals surface area contributed by atoms with E-state index >= 15 is 0 Å². The van der Waals surface area contributed by atoms with Crippen molar-refractivity contribution in [2.75, 3.05) is 0 Å². The molecule has 0 spiro atoms. The maximum atomic E-state index is 12.3. The highest BCUT2D eigenvalue weighted by molar-refractivity contribution is 5.88. The van der Waals surface area contributed by atoms with E-state index in [1.165, 1.54) is 13.8 Å². The van der Waals surface area contributed by atoms with E-state index in [1.807, 2.05) is 0 Å². The number of amides is 5. The van der Waals surface area contributed by atoms with Crippen molar-refractivity contribution in [3.63, 3.8) is 0 Å². The highest BCUT2D eigenvalue weighted by atomic mass is 16.4. The maximum absolute atomic E-state index is 12.3. The van der Waals surface area contributed by atoms with Crippen LogP contribution in [-0.4, -0.2) is 98.0 Å². The molecule has 10 N–H and O–H groups in total. The van der Waals surface area contributed by atoms with E-state index in [0.717, 1.165) is 0 Å². The Kier molecular flexibility index (Phi) is 16.4. The van der Waals surface area contributed by atoms with Crippen LogP contribution in [0.5, 0.6) is 0 Å². The SMILES string of the molecule is CC(C)C(=O)N[C@@H](CCC(=O)N[C@@H](CCC(=O)N[C@@H](CCC(=O)N[C@@H](CCC(N)=O)C(=O)O)C(=O)O)C(=O)O)C(=O)O. The Morgan fingerprint density at radius 1 is 0.500 bits per heavy atom. The summed E-state index contributed by atoms with van der Waals surface area (Å²) in [6, 6.07) is -6.01. The van der Waals surface area contributed by atoms with Gasteiger partial charge < -0.3 is 47.4 Å². The van der Waals surface area contributed by atoms with Crippen LogP contribution in [0.25, 0.3) is 0 Å². The van der Waals surface area contributed by atoms with Gasteiger partial charge in [0.15, 0.2) is 0 Å². The van der Waals surface area contributed by atoms with Crippen molar-refractivity contribution in [1.29, 1.82) is 0 Å². The highest BCUT2D eigenvalue weighted by Crippen LogP contribution is 2.06. The Balaban J connectivity index is 4.91. The summed E-state index contributed by atoms with van der Waals surface area (Å²) in [5.41, 5.74) is 4.95. The molecule has 0 aliphatic carbocycles. The second-order valence-corrected chi connectivity index (χ2v) is 9.55. The lowest BCUT2D eigenvalue weighted by atomic mass is 10.1. The number of carboxylic acid groups (broad SMARTS) is 4. The van der Waals surface area contributed by atoms with Crippen LogP contribution in [0.3, 0.4) is 0 Å². The molecule has 42 heavy (non-hydrogen) atoms. The summed E-state index contributed by atoms with van der Waals surface area (Å²) in [5, 5.41) is 45.7. The van der Waals surface area contributed by atoms with E-state index in [0.29, 0.717) is 0 Å². The normalized spacial score (nSPS) is 13.5. The molecule has 0 radical (unpaired) electrons. The first-order chi connectivity index (χ1) is 19.4. The topological polar surface area (TPSA) is 309 Å². The van der Waals surface area contributed by atoms with Gasteiger partial charge in [-0.2, -0.15) is 0 Å². The number of carbonyl (C=O) groups excluding carboxylic acids is 5. The number of nitrogens with one attached hydrogen (secondary N) is 4. The number of primary amides is 1. The van der Waals surface area contributed by atoms with Crippen molar-refractivity contribution in [2.24, 2.45) is 11.7 Å². The van der Waals surface area contributed by atoms with Crippen molar-refractivity contribution >= 4 is 53.4 Å². The molecule has 0 saturated carbocycles. The molecule has 0 heterocycles. The van der Waals surface area contributed by atoms with Gasteiger partial charge in [-0.25, -0.2) is 19.2 Å². The molecule has 0 unspecified atom stereocenters. The zero-order chi connectivity index (χ0) is 32.6. The quantitative estimate of drug-likeness (QED) is 0.0657. The molecular formula is C24H37N5O13. The number of hydrogen-bond acceptors (Lipinski definition) is 9. The number of aliphatic carboxylic acids is 4. The van der Waals surface area contributed by atoms with Crippen LogP contribution < -0.4 is 27.0 Å². The van der Waals surface area contributed by atoms with Gasteiger partial charge in [-0.15, -0.1) is 0 Å². The minimum absolute atomic E-state index is 0.286. The van der Waals surface area contributed by atoms with Crippen molar-refractivity contribution in [3.05, 3.63) is 0 Å². The summed E-state index contributed by atoms with van der Waals surface area (Å²) >= 11 is 0. The van der Waals surface area contributed by atoms with Crippen molar-refractivity contribution in [2.45, 2.75) is 89.4 Å². The van der Waals surface area contributed by atoms with E-state index in [1.54, 1.807) is 0 Å². The van der Waals surface area contributed by atoms with E-state index in [9.17, 15) is 58.5 Å². The molecule has 236 valence electrons. The molecule has 0 fully saturated rings. The predicted octanol–water partition coefficient (Wildman–Crippen LogP) is -2.47. The molecule has 18 heteroatoms. The Bertz CT molecular complexity index is 1050. The molecule has 0 aliphatic heterocycles. The number of carboxylic acids is 4. The summed E-state index contributed by atoms with van der Waals surface area (Å²) < 4.78 is 0. The number of nitrogens with two attached hydrogens (primary N) is 1. The van der Waals surface area contributed by atoms with Crippen LogP contribution in [0.4, 0.5) is 0 Å². The molecule has 0 aromatic rings. The van der Waals surface area contributed by atoms with Crippen LogP contribution in [0, 0.1) is 5.92 Å². The summed E-state index contributed by atoms with van der Waals surface area (Å²) in [4.78, 5) is 105. The number of rotatable bonds is 21. The lowest BCUT2D eigenvalue weighted by molar-refractivity contribution is -0.144. The second kappa shape index (κ2) is 18.6. The van der Waals surface area contributed by atoms with Crippen molar-refractivity contribution in [3.8, 4) is 0 Å². The summed E-state index contributed by atoms with van der Waals surface area (Å²) in [7, 11) is 0. The third kappa shape index (κ3) is 15.7. The van der Waals surface area contributed by atoms with E-state index in [4.69, 9.17) is 10.8 Å². The Morgan fingerprint density at radius 3 is 1.00 bits per heavy atom. The fourth-order valence-corrected chi connectivity index (χ4v) is 3.28. The van der Waals surface area contributed by atoms with Gasteiger partial charge in [-0.1, -0.05) is 13.8 Å². The molecule has 0 aromatic heterocycles. The Morgan fingerprint density at radius 2 is 0.762 bits per heavy atom. The van der Waals surface area contributed by atoms with Gasteiger partial charge in [0.25, 0.3) is 0 Å². The zero-order valence-electron chi connectivity index (χ0n) is 23.1. The maximum Gasteiger partial charge on any atom is 0.326 e. The largest absolute Gasteiger partial charge is 0.480 e. The van der Waals surface area contributed by atoms with Crippen LogP contribution in [-0.2, 0) is 43.2 Å². The lowest BCUT2D eigenvalue weighted by Gasteiger charge is -2.18. The van der Waals surface area contributed by atoms with Gasteiger partial charge in [0.2, 0.25) is 29.5 Å². The van der Waals surface area contributed by atoms with Crippen LogP contribution in [0.2, 0.25) is 0 Å². The zero-order valence-corrected chi connectivity index (χ0v) is 23.1. The predicted molar refractivity (Wildman–Crippen MR) is 139 cm³/mol. The first-order valence-electron chi connectivity index (χ1n) is 12.8. The second-order valence-electron chi connectivity index (χ2n) is 9.55. The summed E-state index contributed by atoms with van der Waals surface area (Å²) in [5.74, 6) is -10.4. The smallest absolute Gasteiger partial charge is 0.326 e. The van der Waals surface area contributed by atoms with Gasteiger partial charge in [0.05, 0.1) is 0 Å². The van der Waals surface area contributed by atoms with Gasteiger partial charge >= 0.3 is 23.9 Å².